The number of nitrogens with zero attached hydrogens (tertiary/aromatic N) is 2. The fourth-order valence-corrected chi connectivity index (χ4v) is 3.81. The van der Waals surface area contributed by atoms with Crippen LogP contribution in [0, 0.1) is 0 Å². The van der Waals surface area contributed by atoms with Gasteiger partial charge < -0.3 is 5.43 Å². The van der Waals surface area contributed by atoms with Crippen LogP contribution in [0.3, 0.4) is 0 Å². The molecule has 1 aromatic heterocycles. The minimum atomic E-state index is -2.87. The zero-order valence-electron chi connectivity index (χ0n) is 10.3. The van der Waals surface area contributed by atoms with E-state index >= 15 is 0 Å². The van der Waals surface area contributed by atoms with Gasteiger partial charge in [-0.2, -0.15) is 0 Å². The second-order valence-electron chi connectivity index (χ2n) is 4.59. The van der Waals surface area contributed by atoms with Gasteiger partial charge in [0.15, 0.2) is 9.84 Å². The third-order valence-electron chi connectivity index (χ3n) is 3.21. The maximum atomic E-state index is 11.5. The van der Waals surface area contributed by atoms with Gasteiger partial charge in [-0.1, -0.05) is 6.07 Å². The van der Waals surface area contributed by atoms with Gasteiger partial charge in [-0.05, 0) is 13.0 Å². The van der Waals surface area contributed by atoms with Gasteiger partial charge in [-0.15, -0.1) is 0 Å². The van der Waals surface area contributed by atoms with Gasteiger partial charge in [0.05, 0.1) is 11.5 Å². The number of nitrogen functional groups attached to an aromatic ring is 1. The number of rotatable bonds is 3. The number of pyridine rings is 1. The Labute approximate surface area is 107 Å². The lowest BCUT2D eigenvalue weighted by molar-refractivity contribution is 0.218. The van der Waals surface area contributed by atoms with Crippen LogP contribution >= 0.6 is 0 Å². The number of hydrogen-bond acceptors (Lipinski definition) is 6. The summed E-state index contributed by atoms with van der Waals surface area (Å²) in [6.07, 6.45) is 1.67. The van der Waals surface area contributed by atoms with Crippen LogP contribution in [-0.4, -0.2) is 42.4 Å². The van der Waals surface area contributed by atoms with Crippen molar-refractivity contribution in [3.8, 4) is 0 Å². The highest BCUT2D eigenvalue weighted by Gasteiger charge is 2.28. The molecule has 7 heteroatoms. The lowest BCUT2D eigenvalue weighted by Crippen LogP contribution is -2.46. The average molecular weight is 270 g/mol. The fraction of sp³-hybridized carbons (Fsp3) is 0.545. The summed E-state index contributed by atoms with van der Waals surface area (Å²) in [5.74, 6) is 6.49. The molecule has 1 atom stereocenters. The summed E-state index contributed by atoms with van der Waals surface area (Å²) in [6, 6.07) is 3.81. The molecule has 100 valence electrons. The molecule has 0 aromatic carbocycles. The minimum Gasteiger partial charge on any atom is -0.308 e. The summed E-state index contributed by atoms with van der Waals surface area (Å²) >= 11 is 0. The van der Waals surface area contributed by atoms with Gasteiger partial charge in [0.2, 0.25) is 0 Å². The molecule has 2 heterocycles. The molecule has 2 rings (SSSR count). The Bertz CT molecular complexity index is 518. The molecule has 0 aliphatic carbocycles. The molecule has 1 fully saturated rings. The first-order valence-corrected chi connectivity index (χ1v) is 7.69. The lowest BCUT2D eigenvalue weighted by atomic mass is 10.2. The van der Waals surface area contributed by atoms with Crippen LogP contribution in [0.4, 0.5) is 5.82 Å². The SMILES string of the molecule is CC1CS(=O)(=O)CCN1Cc1cccnc1NN. The Morgan fingerprint density at radius 3 is 3.06 bits per heavy atom. The molecule has 0 radical (unpaired) electrons. The smallest absolute Gasteiger partial charge is 0.153 e. The van der Waals surface area contributed by atoms with Gasteiger partial charge in [-0.25, -0.2) is 19.2 Å². The van der Waals surface area contributed by atoms with Gasteiger partial charge >= 0.3 is 0 Å². The van der Waals surface area contributed by atoms with Crippen LogP contribution in [0.2, 0.25) is 0 Å². The molecule has 1 saturated heterocycles. The maximum Gasteiger partial charge on any atom is 0.153 e. The maximum absolute atomic E-state index is 11.5. The zero-order chi connectivity index (χ0) is 13.2. The molecule has 6 nitrogen and oxygen atoms in total. The number of nitrogens with two attached hydrogens (primary N) is 1. The van der Waals surface area contributed by atoms with Crippen molar-refractivity contribution >= 4 is 15.7 Å². The average Bonchev–Trinajstić information content (AvgIpc) is 2.33. The summed E-state index contributed by atoms with van der Waals surface area (Å²) in [5, 5.41) is 0. The van der Waals surface area contributed by atoms with Crippen molar-refractivity contribution in [2.75, 3.05) is 23.5 Å². The molecule has 0 amide bonds. The van der Waals surface area contributed by atoms with E-state index in [4.69, 9.17) is 5.84 Å². The Morgan fingerprint density at radius 2 is 2.39 bits per heavy atom. The highest BCUT2D eigenvalue weighted by molar-refractivity contribution is 7.91. The predicted octanol–water partition coefficient (Wildman–Crippen LogP) is -0.0139. The largest absolute Gasteiger partial charge is 0.308 e. The number of sulfone groups is 1. The summed E-state index contributed by atoms with van der Waals surface area (Å²) in [7, 11) is -2.87. The molecule has 0 saturated carbocycles. The van der Waals surface area contributed by atoms with Crippen molar-refractivity contribution in [1.29, 1.82) is 0 Å². The molecule has 3 N–H and O–H groups in total. The van der Waals surface area contributed by atoms with E-state index < -0.39 is 9.84 Å². The van der Waals surface area contributed by atoms with E-state index in [1.807, 2.05) is 19.1 Å². The number of aromatic nitrogens is 1. The summed E-state index contributed by atoms with van der Waals surface area (Å²) < 4.78 is 23.0. The molecule has 1 unspecified atom stereocenters. The molecule has 1 aliphatic heterocycles. The Morgan fingerprint density at radius 1 is 1.61 bits per heavy atom. The van der Waals surface area contributed by atoms with E-state index in [1.54, 1.807) is 6.20 Å². The monoisotopic (exact) mass is 270 g/mol. The molecule has 18 heavy (non-hydrogen) atoms. The van der Waals surface area contributed by atoms with E-state index in [0.29, 0.717) is 18.9 Å². The van der Waals surface area contributed by atoms with E-state index in [2.05, 4.69) is 15.3 Å². The van der Waals surface area contributed by atoms with Crippen molar-refractivity contribution in [2.45, 2.75) is 19.5 Å². The Hall–Kier alpha value is -1.18. The molecular weight excluding hydrogens is 252 g/mol. The van der Waals surface area contributed by atoms with Crippen molar-refractivity contribution in [3.05, 3.63) is 23.9 Å². The number of hydrazine groups is 1. The summed E-state index contributed by atoms with van der Waals surface area (Å²) in [4.78, 5) is 6.27. The van der Waals surface area contributed by atoms with Crippen LogP contribution < -0.4 is 11.3 Å². The molecular formula is C11H18N4O2S. The van der Waals surface area contributed by atoms with Crippen molar-refractivity contribution in [1.82, 2.24) is 9.88 Å². The number of hydrogen-bond donors (Lipinski definition) is 2. The molecule has 1 aliphatic rings. The van der Waals surface area contributed by atoms with Crippen LogP contribution in [0.15, 0.2) is 18.3 Å². The topological polar surface area (TPSA) is 88.3 Å². The normalized spacial score (nSPS) is 23.8. The standard InChI is InChI=1S/C11H18N4O2S/c1-9-8-18(16,17)6-5-15(9)7-10-3-2-4-13-11(10)14-12/h2-4,9H,5-8,12H2,1H3,(H,13,14). The quantitative estimate of drug-likeness (QED) is 0.593. The van der Waals surface area contributed by atoms with E-state index in [9.17, 15) is 8.42 Å². The van der Waals surface area contributed by atoms with Gasteiger partial charge in [-0.3, -0.25) is 4.90 Å². The van der Waals surface area contributed by atoms with Crippen LogP contribution in [-0.2, 0) is 16.4 Å². The Kier molecular flexibility index (Phi) is 3.84. The van der Waals surface area contributed by atoms with E-state index in [1.165, 1.54) is 0 Å². The van der Waals surface area contributed by atoms with Crippen LogP contribution in [0.25, 0.3) is 0 Å². The van der Waals surface area contributed by atoms with E-state index in [0.717, 1.165) is 5.56 Å². The second kappa shape index (κ2) is 5.21. The lowest BCUT2D eigenvalue weighted by Gasteiger charge is -2.33. The third-order valence-corrected chi connectivity index (χ3v) is 5.00. The Balaban J connectivity index is 2.10. The highest BCUT2D eigenvalue weighted by Crippen LogP contribution is 2.18. The van der Waals surface area contributed by atoms with Crippen molar-refractivity contribution < 1.29 is 8.42 Å². The van der Waals surface area contributed by atoms with Gasteiger partial charge in [0.1, 0.15) is 5.82 Å². The van der Waals surface area contributed by atoms with Crippen LogP contribution in [0.1, 0.15) is 12.5 Å². The zero-order valence-corrected chi connectivity index (χ0v) is 11.2. The minimum absolute atomic E-state index is 0.0228. The predicted molar refractivity (Wildman–Crippen MR) is 70.6 cm³/mol. The van der Waals surface area contributed by atoms with Crippen molar-refractivity contribution in [3.63, 3.8) is 0 Å². The van der Waals surface area contributed by atoms with E-state index in [-0.39, 0.29) is 17.5 Å². The third kappa shape index (κ3) is 2.98. The fourth-order valence-electron chi connectivity index (χ4n) is 2.18. The van der Waals surface area contributed by atoms with Gasteiger partial charge in [0, 0.05) is 30.9 Å². The molecule has 0 bridgehead atoms. The molecule has 1 aromatic rings. The highest BCUT2D eigenvalue weighted by atomic mass is 32.2. The number of anilines is 1. The summed E-state index contributed by atoms with van der Waals surface area (Å²) in [5.41, 5.74) is 3.54. The van der Waals surface area contributed by atoms with Gasteiger partial charge in [0.25, 0.3) is 0 Å². The molecule has 0 spiro atoms. The summed E-state index contributed by atoms with van der Waals surface area (Å²) in [6.45, 7) is 3.15. The first kappa shape index (κ1) is 13.3. The second-order valence-corrected chi connectivity index (χ2v) is 6.82. The number of nitrogens with one attached hydrogen (secondary N) is 1. The van der Waals surface area contributed by atoms with Crippen LogP contribution in [0.5, 0.6) is 0 Å². The first-order valence-electron chi connectivity index (χ1n) is 5.87. The van der Waals surface area contributed by atoms with Crippen molar-refractivity contribution in [2.24, 2.45) is 5.84 Å². The first-order chi connectivity index (χ1) is 8.52.